The molecule has 0 aliphatic heterocycles. The topological polar surface area (TPSA) is 97.2 Å². The van der Waals surface area contributed by atoms with Gasteiger partial charge in [0.05, 0.1) is 24.8 Å². The standard InChI is InChI=1S/C27H30F2N4O3/c1-16-11-22(32-25(12-16)33-24-13-19(26(28)29)9-10-30-24)20-7-8-21(31-15-20)14-23(34)17-3-5-18(6-4-17)27(35)36-2/h7-13,15,17-18,23,26,34H,3-6,14H2,1-2H3,(H,30,32,33)/t17-,18-,23?. The summed E-state index contributed by atoms with van der Waals surface area (Å²) in [5.41, 5.74) is 3.09. The normalized spacial score (nSPS) is 18.6. The van der Waals surface area contributed by atoms with Crippen LogP contribution in [0.25, 0.3) is 11.3 Å². The van der Waals surface area contributed by atoms with E-state index in [4.69, 9.17) is 4.74 Å². The number of aryl methyl sites for hydroxylation is 1. The number of carbonyl (C=O) groups excluding carboxylic acids is 1. The van der Waals surface area contributed by atoms with Crippen LogP contribution in [0.3, 0.4) is 0 Å². The number of halogens is 2. The molecule has 3 aromatic heterocycles. The Hall–Kier alpha value is -3.46. The fourth-order valence-corrected chi connectivity index (χ4v) is 4.65. The first-order valence-electron chi connectivity index (χ1n) is 12.0. The number of methoxy groups -OCH3 is 1. The molecule has 0 saturated heterocycles. The highest BCUT2D eigenvalue weighted by molar-refractivity contribution is 5.72. The van der Waals surface area contributed by atoms with Crippen molar-refractivity contribution in [3.05, 3.63) is 65.6 Å². The zero-order valence-corrected chi connectivity index (χ0v) is 20.3. The van der Waals surface area contributed by atoms with Crippen molar-refractivity contribution in [3.8, 4) is 11.3 Å². The molecule has 0 aromatic carbocycles. The molecule has 7 nitrogen and oxygen atoms in total. The van der Waals surface area contributed by atoms with Crippen LogP contribution >= 0.6 is 0 Å². The van der Waals surface area contributed by atoms with Crippen molar-refractivity contribution < 1.29 is 23.4 Å². The minimum absolute atomic E-state index is 0.0684. The summed E-state index contributed by atoms with van der Waals surface area (Å²) >= 11 is 0. The van der Waals surface area contributed by atoms with Crippen LogP contribution in [0.1, 0.15) is 48.9 Å². The maximum absolute atomic E-state index is 13.0. The molecule has 0 amide bonds. The fourth-order valence-electron chi connectivity index (χ4n) is 4.65. The third kappa shape index (κ3) is 6.40. The van der Waals surface area contributed by atoms with Gasteiger partial charge in [0.25, 0.3) is 6.43 Å². The Labute approximate surface area is 209 Å². The van der Waals surface area contributed by atoms with Gasteiger partial charge in [0.2, 0.25) is 0 Å². The molecule has 1 fully saturated rings. The van der Waals surface area contributed by atoms with Crippen molar-refractivity contribution in [2.45, 2.75) is 51.6 Å². The molecular formula is C27H30F2N4O3. The number of anilines is 2. The highest BCUT2D eigenvalue weighted by Gasteiger charge is 2.30. The third-order valence-electron chi connectivity index (χ3n) is 6.65. The predicted molar refractivity (Wildman–Crippen MR) is 132 cm³/mol. The lowest BCUT2D eigenvalue weighted by Gasteiger charge is -2.30. The van der Waals surface area contributed by atoms with Crippen LogP contribution < -0.4 is 5.32 Å². The first kappa shape index (κ1) is 25.6. The van der Waals surface area contributed by atoms with Crippen molar-refractivity contribution in [2.24, 2.45) is 11.8 Å². The number of pyridine rings is 3. The summed E-state index contributed by atoms with van der Waals surface area (Å²) in [7, 11) is 1.41. The van der Waals surface area contributed by atoms with Gasteiger partial charge in [-0.3, -0.25) is 9.78 Å². The first-order valence-corrected chi connectivity index (χ1v) is 12.0. The molecule has 36 heavy (non-hydrogen) atoms. The van der Waals surface area contributed by atoms with Crippen LogP contribution in [-0.2, 0) is 16.0 Å². The number of carbonyl (C=O) groups is 1. The SMILES string of the molecule is COC(=O)[C@H]1CC[C@H](C(O)Cc2ccc(-c3cc(C)cc(Nc4cc(C(F)F)ccn4)n3)cn2)CC1. The average molecular weight is 497 g/mol. The van der Waals surface area contributed by atoms with Gasteiger partial charge in [-0.05, 0) is 80.5 Å². The van der Waals surface area contributed by atoms with E-state index in [2.05, 4.69) is 20.3 Å². The number of aliphatic hydroxyl groups excluding tert-OH is 1. The molecule has 3 heterocycles. The maximum atomic E-state index is 13.0. The molecule has 9 heteroatoms. The second kappa shape index (κ2) is 11.5. The van der Waals surface area contributed by atoms with E-state index in [1.54, 1.807) is 6.20 Å². The number of rotatable bonds is 8. The molecular weight excluding hydrogens is 466 g/mol. The Bertz CT molecular complexity index is 1180. The van der Waals surface area contributed by atoms with Crippen molar-refractivity contribution in [1.82, 2.24) is 15.0 Å². The lowest BCUT2D eigenvalue weighted by Crippen LogP contribution is -2.30. The van der Waals surface area contributed by atoms with E-state index < -0.39 is 12.5 Å². The van der Waals surface area contributed by atoms with E-state index in [-0.39, 0.29) is 23.4 Å². The van der Waals surface area contributed by atoms with Crippen molar-refractivity contribution >= 4 is 17.6 Å². The minimum atomic E-state index is -2.58. The lowest BCUT2D eigenvalue weighted by atomic mass is 9.78. The summed E-state index contributed by atoms with van der Waals surface area (Å²) < 4.78 is 30.8. The predicted octanol–water partition coefficient (Wildman–Crippen LogP) is 5.41. The summed E-state index contributed by atoms with van der Waals surface area (Å²) in [6.45, 7) is 1.92. The third-order valence-corrected chi connectivity index (χ3v) is 6.65. The van der Waals surface area contributed by atoms with Gasteiger partial charge in [-0.1, -0.05) is 0 Å². The summed E-state index contributed by atoms with van der Waals surface area (Å²) in [5.74, 6) is 0.685. The van der Waals surface area contributed by atoms with Gasteiger partial charge in [-0.15, -0.1) is 0 Å². The largest absolute Gasteiger partial charge is 0.469 e. The molecule has 2 N–H and O–H groups in total. The molecule has 1 saturated carbocycles. The highest BCUT2D eigenvalue weighted by Crippen LogP contribution is 2.32. The summed E-state index contributed by atoms with van der Waals surface area (Å²) in [5, 5.41) is 13.7. The average Bonchev–Trinajstić information content (AvgIpc) is 2.88. The Morgan fingerprint density at radius 2 is 1.89 bits per heavy atom. The van der Waals surface area contributed by atoms with Crippen LogP contribution in [-0.4, -0.2) is 39.2 Å². The van der Waals surface area contributed by atoms with Crippen LogP contribution in [0.2, 0.25) is 0 Å². The Morgan fingerprint density at radius 3 is 2.56 bits per heavy atom. The molecule has 1 unspecified atom stereocenters. The maximum Gasteiger partial charge on any atom is 0.308 e. The zero-order chi connectivity index (χ0) is 25.7. The van der Waals surface area contributed by atoms with Crippen molar-refractivity contribution in [1.29, 1.82) is 0 Å². The number of aromatic nitrogens is 3. The Balaban J connectivity index is 1.40. The van der Waals surface area contributed by atoms with E-state index in [0.717, 1.165) is 42.5 Å². The molecule has 0 radical (unpaired) electrons. The summed E-state index contributed by atoms with van der Waals surface area (Å²) in [4.78, 5) is 25.0. The van der Waals surface area contributed by atoms with E-state index in [1.807, 2.05) is 31.2 Å². The van der Waals surface area contributed by atoms with E-state index in [1.165, 1.54) is 25.4 Å². The second-order valence-corrected chi connectivity index (χ2v) is 9.26. The number of hydrogen-bond acceptors (Lipinski definition) is 7. The number of nitrogens with one attached hydrogen (secondary N) is 1. The van der Waals surface area contributed by atoms with Gasteiger partial charge >= 0.3 is 5.97 Å². The molecule has 190 valence electrons. The first-order chi connectivity index (χ1) is 17.3. The van der Waals surface area contributed by atoms with Gasteiger partial charge in [0.15, 0.2) is 0 Å². The van der Waals surface area contributed by atoms with Gasteiger partial charge < -0.3 is 15.2 Å². The minimum Gasteiger partial charge on any atom is -0.469 e. The van der Waals surface area contributed by atoms with E-state index in [9.17, 15) is 18.7 Å². The number of hydrogen-bond donors (Lipinski definition) is 2. The molecule has 3 aromatic rings. The van der Waals surface area contributed by atoms with Gasteiger partial charge in [0.1, 0.15) is 11.6 Å². The number of alkyl halides is 2. The smallest absolute Gasteiger partial charge is 0.308 e. The van der Waals surface area contributed by atoms with E-state index >= 15 is 0 Å². The number of esters is 1. The summed E-state index contributed by atoms with van der Waals surface area (Å²) in [6, 6.07) is 10.1. The van der Waals surface area contributed by atoms with Gasteiger partial charge in [0, 0.05) is 35.6 Å². The monoisotopic (exact) mass is 496 g/mol. The number of ether oxygens (including phenoxy) is 1. The molecule has 0 spiro atoms. The number of aliphatic hydroxyl groups is 1. The Kier molecular flexibility index (Phi) is 8.20. The highest BCUT2D eigenvalue weighted by atomic mass is 19.3. The molecule has 4 rings (SSSR count). The van der Waals surface area contributed by atoms with Crippen LogP contribution in [0, 0.1) is 18.8 Å². The molecule has 1 aliphatic carbocycles. The van der Waals surface area contributed by atoms with Crippen molar-refractivity contribution in [3.63, 3.8) is 0 Å². The fraction of sp³-hybridized carbons (Fsp3) is 0.407. The quantitative estimate of drug-likeness (QED) is 0.403. The number of nitrogens with zero attached hydrogens (tertiary/aromatic N) is 3. The van der Waals surface area contributed by atoms with E-state index in [0.29, 0.717) is 23.8 Å². The Morgan fingerprint density at radius 1 is 1.11 bits per heavy atom. The molecule has 1 aliphatic rings. The van der Waals surface area contributed by atoms with Crippen LogP contribution in [0.15, 0.2) is 48.8 Å². The lowest BCUT2D eigenvalue weighted by molar-refractivity contribution is -0.147. The summed E-state index contributed by atoms with van der Waals surface area (Å²) in [6.07, 6.45) is 3.44. The van der Waals surface area contributed by atoms with Gasteiger partial charge in [-0.2, -0.15) is 0 Å². The second-order valence-electron chi connectivity index (χ2n) is 9.26. The van der Waals surface area contributed by atoms with Crippen molar-refractivity contribution in [2.75, 3.05) is 12.4 Å². The zero-order valence-electron chi connectivity index (χ0n) is 20.3. The van der Waals surface area contributed by atoms with Crippen LogP contribution in [0.4, 0.5) is 20.4 Å². The molecule has 1 atom stereocenters. The van der Waals surface area contributed by atoms with Crippen LogP contribution in [0.5, 0.6) is 0 Å². The van der Waals surface area contributed by atoms with Gasteiger partial charge in [-0.25, -0.2) is 18.7 Å². The molecule has 0 bridgehead atoms.